The van der Waals surface area contributed by atoms with E-state index in [-0.39, 0.29) is 37.4 Å². The summed E-state index contributed by atoms with van der Waals surface area (Å²) in [7, 11) is -3.93. The molecule has 0 aliphatic carbocycles. The third-order valence-corrected chi connectivity index (χ3v) is 8.81. The number of nitrogens with zero attached hydrogens (tertiary/aromatic N) is 2. The van der Waals surface area contributed by atoms with Crippen molar-refractivity contribution in [2.45, 2.75) is 45.3 Å². The van der Waals surface area contributed by atoms with E-state index >= 15 is 0 Å². The van der Waals surface area contributed by atoms with Gasteiger partial charge in [0.2, 0.25) is 28.6 Å². The van der Waals surface area contributed by atoms with Crippen LogP contribution >= 0.6 is 23.2 Å². The molecule has 224 valence electrons. The highest BCUT2D eigenvalue weighted by Crippen LogP contribution is 2.36. The highest BCUT2D eigenvalue weighted by molar-refractivity contribution is 7.92. The number of carbonyl (C=O) groups is 2. The van der Waals surface area contributed by atoms with Crippen molar-refractivity contribution in [1.29, 1.82) is 0 Å². The predicted molar refractivity (Wildman–Crippen MR) is 164 cm³/mol. The number of ether oxygens (including phenoxy) is 2. The van der Waals surface area contributed by atoms with Gasteiger partial charge in [0.05, 0.1) is 22.0 Å². The molecule has 12 heteroatoms. The number of halogens is 2. The van der Waals surface area contributed by atoms with E-state index in [0.29, 0.717) is 33.5 Å². The van der Waals surface area contributed by atoms with Crippen molar-refractivity contribution in [3.8, 4) is 11.5 Å². The Morgan fingerprint density at radius 3 is 2.33 bits per heavy atom. The molecule has 3 aromatic rings. The molecule has 0 bridgehead atoms. The highest BCUT2D eigenvalue weighted by Gasteiger charge is 2.34. The molecule has 1 aliphatic rings. The van der Waals surface area contributed by atoms with Crippen LogP contribution in [-0.4, -0.2) is 56.8 Å². The first-order chi connectivity index (χ1) is 20.0. The number of hydrogen-bond donors (Lipinski definition) is 1. The van der Waals surface area contributed by atoms with Crippen LogP contribution in [0.3, 0.4) is 0 Å². The van der Waals surface area contributed by atoms with Crippen molar-refractivity contribution in [1.82, 2.24) is 10.2 Å². The van der Waals surface area contributed by atoms with Gasteiger partial charge in [-0.2, -0.15) is 0 Å². The number of sulfonamides is 1. The zero-order chi connectivity index (χ0) is 30.4. The summed E-state index contributed by atoms with van der Waals surface area (Å²) in [6.07, 6.45) is 1.92. The third kappa shape index (κ3) is 7.87. The molecule has 42 heavy (non-hydrogen) atoms. The lowest BCUT2D eigenvalue weighted by atomic mass is 10.0. The lowest BCUT2D eigenvalue weighted by molar-refractivity contribution is -0.140. The fourth-order valence-corrected chi connectivity index (χ4v) is 5.65. The Labute approximate surface area is 256 Å². The summed E-state index contributed by atoms with van der Waals surface area (Å²) in [5.41, 5.74) is 1.69. The number of fused-ring (bicyclic) bond motifs is 1. The number of amides is 2. The van der Waals surface area contributed by atoms with E-state index in [1.54, 1.807) is 30.3 Å². The Hall–Kier alpha value is -3.47. The van der Waals surface area contributed by atoms with Gasteiger partial charge in [0.15, 0.2) is 11.5 Å². The Morgan fingerprint density at radius 1 is 0.952 bits per heavy atom. The molecule has 0 spiro atoms. The first-order valence-corrected chi connectivity index (χ1v) is 16.0. The molecule has 2 amide bonds. The molecule has 0 unspecified atom stereocenters. The Bertz CT molecular complexity index is 1540. The first kappa shape index (κ1) is 31.5. The second-order valence-electron chi connectivity index (χ2n) is 10.1. The van der Waals surface area contributed by atoms with Crippen LogP contribution in [0.2, 0.25) is 10.0 Å². The number of rotatable bonds is 12. The predicted octanol–water partition coefficient (Wildman–Crippen LogP) is 5.04. The van der Waals surface area contributed by atoms with Crippen LogP contribution in [0.5, 0.6) is 11.5 Å². The van der Waals surface area contributed by atoms with Crippen LogP contribution < -0.4 is 19.1 Å². The van der Waals surface area contributed by atoms with Gasteiger partial charge in [0.25, 0.3) is 0 Å². The van der Waals surface area contributed by atoms with Crippen LogP contribution in [-0.2, 0) is 32.6 Å². The lowest BCUT2D eigenvalue weighted by Gasteiger charge is -2.34. The molecule has 0 radical (unpaired) electrons. The van der Waals surface area contributed by atoms with Gasteiger partial charge in [-0.25, -0.2) is 8.42 Å². The summed E-state index contributed by atoms with van der Waals surface area (Å²) < 4.78 is 37.7. The molecule has 2 atom stereocenters. The van der Waals surface area contributed by atoms with Gasteiger partial charge in [-0.1, -0.05) is 66.5 Å². The maximum atomic E-state index is 14.2. The lowest BCUT2D eigenvalue weighted by Crippen LogP contribution is -2.54. The third-order valence-electron chi connectivity index (χ3n) is 6.93. The molecular formula is C30H33Cl2N3O6S. The van der Waals surface area contributed by atoms with E-state index in [1.807, 2.05) is 44.2 Å². The van der Waals surface area contributed by atoms with Crippen molar-refractivity contribution in [2.75, 3.05) is 23.9 Å². The second-order valence-corrected chi connectivity index (χ2v) is 12.8. The van der Waals surface area contributed by atoms with Gasteiger partial charge < -0.3 is 19.7 Å². The normalized spacial score (nSPS) is 13.7. The van der Waals surface area contributed by atoms with Gasteiger partial charge in [-0.05, 0) is 48.7 Å². The number of anilines is 1. The zero-order valence-corrected chi connectivity index (χ0v) is 25.9. The van der Waals surface area contributed by atoms with E-state index in [0.717, 1.165) is 16.1 Å². The molecule has 0 fully saturated rings. The molecular weight excluding hydrogens is 601 g/mol. The summed E-state index contributed by atoms with van der Waals surface area (Å²) in [5.74, 6) is -0.0828. The maximum absolute atomic E-state index is 14.2. The Kier molecular flexibility index (Phi) is 10.2. The summed E-state index contributed by atoms with van der Waals surface area (Å²) in [6.45, 7) is 3.28. The van der Waals surface area contributed by atoms with Crippen molar-refractivity contribution < 1.29 is 27.5 Å². The molecule has 0 aromatic heterocycles. The van der Waals surface area contributed by atoms with E-state index in [2.05, 4.69) is 5.32 Å². The molecule has 1 N–H and O–H groups in total. The monoisotopic (exact) mass is 633 g/mol. The van der Waals surface area contributed by atoms with Crippen LogP contribution in [0.4, 0.5) is 5.69 Å². The van der Waals surface area contributed by atoms with Gasteiger partial charge in [0, 0.05) is 25.1 Å². The minimum absolute atomic E-state index is 0.0140. The number of hydrogen-bond acceptors (Lipinski definition) is 6. The maximum Gasteiger partial charge on any atom is 0.244 e. The van der Waals surface area contributed by atoms with E-state index in [4.69, 9.17) is 32.7 Å². The first-order valence-electron chi connectivity index (χ1n) is 13.4. The summed E-state index contributed by atoms with van der Waals surface area (Å²) in [4.78, 5) is 29.3. The van der Waals surface area contributed by atoms with Crippen LogP contribution in [0.1, 0.15) is 31.4 Å². The average molecular weight is 635 g/mol. The van der Waals surface area contributed by atoms with Crippen LogP contribution in [0.25, 0.3) is 0 Å². The van der Waals surface area contributed by atoms with Crippen molar-refractivity contribution >= 4 is 50.7 Å². The molecule has 1 aliphatic heterocycles. The molecule has 4 rings (SSSR count). The molecule has 3 aromatic carbocycles. The standard InChI is InChI=1S/C30H33Cl2N3O6S/c1-4-20(2)33-30(37)26(15-21-8-6-5-7-9-21)34(17-22-10-12-24(31)25(32)14-22)29(36)18-35(42(3,38)39)23-11-13-27-28(16-23)41-19-40-27/h5-14,16,20,26H,4,15,17-19H2,1-3H3,(H,33,37)/t20-,26+/m0/s1. The molecule has 0 saturated carbocycles. The topological polar surface area (TPSA) is 105 Å². The average Bonchev–Trinajstić information content (AvgIpc) is 3.43. The number of carbonyl (C=O) groups excluding carboxylic acids is 2. The van der Waals surface area contributed by atoms with E-state index < -0.39 is 28.5 Å². The van der Waals surface area contributed by atoms with Crippen molar-refractivity contribution in [2.24, 2.45) is 0 Å². The van der Waals surface area contributed by atoms with Gasteiger partial charge in [-0.3, -0.25) is 13.9 Å². The van der Waals surface area contributed by atoms with Gasteiger partial charge in [0.1, 0.15) is 12.6 Å². The zero-order valence-electron chi connectivity index (χ0n) is 23.5. The summed E-state index contributed by atoms with van der Waals surface area (Å²) >= 11 is 12.4. The SMILES string of the molecule is CC[C@H](C)NC(=O)[C@@H](Cc1ccccc1)N(Cc1ccc(Cl)c(Cl)c1)C(=O)CN(c1ccc2c(c1)OCO2)S(C)(=O)=O. The fourth-order valence-electron chi connectivity index (χ4n) is 4.48. The Morgan fingerprint density at radius 2 is 1.67 bits per heavy atom. The molecule has 9 nitrogen and oxygen atoms in total. The van der Waals surface area contributed by atoms with Gasteiger partial charge >= 0.3 is 0 Å². The minimum Gasteiger partial charge on any atom is -0.454 e. The van der Waals surface area contributed by atoms with Gasteiger partial charge in [-0.15, -0.1) is 0 Å². The van der Waals surface area contributed by atoms with E-state index in [9.17, 15) is 18.0 Å². The largest absolute Gasteiger partial charge is 0.454 e. The van der Waals surface area contributed by atoms with Crippen LogP contribution in [0, 0.1) is 0 Å². The Balaban J connectivity index is 1.74. The molecule has 1 heterocycles. The summed E-state index contributed by atoms with van der Waals surface area (Å²) in [5, 5.41) is 3.63. The smallest absolute Gasteiger partial charge is 0.244 e. The molecule has 0 saturated heterocycles. The fraction of sp³-hybridized carbons (Fsp3) is 0.333. The van der Waals surface area contributed by atoms with Crippen molar-refractivity contribution in [3.63, 3.8) is 0 Å². The minimum atomic E-state index is -3.93. The second kappa shape index (κ2) is 13.7. The van der Waals surface area contributed by atoms with Crippen LogP contribution in [0.15, 0.2) is 66.7 Å². The van der Waals surface area contributed by atoms with Crippen molar-refractivity contribution in [3.05, 3.63) is 87.9 Å². The number of benzene rings is 3. The van der Waals surface area contributed by atoms with E-state index in [1.165, 1.54) is 11.0 Å². The highest BCUT2D eigenvalue weighted by atomic mass is 35.5. The quantitative estimate of drug-likeness (QED) is 0.299. The number of nitrogens with one attached hydrogen (secondary N) is 1. The summed E-state index contributed by atoms with van der Waals surface area (Å²) in [6, 6.07) is 17.8.